The van der Waals surface area contributed by atoms with E-state index in [1.165, 1.54) is 35.0 Å². The van der Waals surface area contributed by atoms with E-state index in [2.05, 4.69) is 20.3 Å². The smallest absolute Gasteiger partial charge is 0.387 e. The number of aryl methyl sites for hydroxylation is 1. The standard InChI is InChI=1S/C16H13F2N5O4/c1-10-2-7-13(23(24)25)14(8-10)26-9-15-19-20-21-22(15)11-3-5-12(6-4-11)27-16(17)18/h2-8,16H,9H2,1H3. The quantitative estimate of drug-likeness (QED) is 0.460. The SMILES string of the molecule is Cc1ccc([N+](=O)[O-])c(OCc2nnnn2-c2ccc(OC(F)F)cc2)c1. The first kappa shape index (κ1) is 18.2. The van der Waals surface area contributed by atoms with Gasteiger partial charge in [-0.15, -0.1) is 5.10 Å². The van der Waals surface area contributed by atoms with Crippen LogP contribution in [-0.2, 0) is 6.61 Å². The zero-order chi connectivity index (χ0) is 19.4. The second-order valence-electron chi connectivity index (χ2n) is 5.40. The van der Waals surface area contributed by atoms with E-state index in [4.69, 9.17) is 4.74 Å². The molecule has 3 aromatic rings. The van der Waals surface area contributed by atoms with E-state index < -0.39 is 11.5 Å². The number of nitro benzene ring substituents is 1. The Labute approximate surface area is 151 Å². The van der Waals surface area contributed by atoms with Crippen molar-refractivity contribution in [1.82, 2.24) is 20.2 Å². The monoisotopic (exact) mass is 377 g/mol. The van der Waals surface area contributed by atoms with Crippen molar-refractivity contribution in [2.45, 2.75) is 20.1 Å². The van der Waals surface area contributed by atoms with Gasteiger partial charge in [0.15, 0.2) is 18.2 Å². The second kappa shape index (κ2) is 7.72. The molecule has 0 spiro atoms. The van der Waals surface area contributed by atoms with Crippen molar-refractivity contribution in [2.75, 3.05) is 0 Å². The largest absolute Gasteiger partial charge is 0.478 e. The Morgan fingerprint density at radius 1 is 1.22 bits per heavy atom. The number of nitrogens with zero attached hydrogens (tertiary/aromatic N) is 5. The van der Waals surface area contributed by atoms with Gasteiger partial charge in [0.2, 0.25) is 0 Å². The summed E-state index contributed by atoms with van der Waals surface area (Å²) in [6, 6.07) is 10.2. The van der Waals surface area contributed by atoms with Crippen LogP contribution in [0.25, 0.3) is 5.69 Å². The first-order chi connectivity index (χ1) is 12.9. The van der Waals surface area contributed by atoms with E-state index in [0.717, 1.165) is 5.56 Å². The van der Waals surface area contributed by atoms with E-state index in [9.17, 15) is 18.9 Å². The summed E-state index contributed by atoms with van der Waals surface area (Å²) in [6.07, 6.45) is 0. The first-order valence-corrected chi connectivity index (χ1v) is 7.64. The number of halogens is 2. The molecule has 9 nitrogen and oxygen atoms in total. The number of tetrazole rings is 1. The topological polar surface area (TPSA) is 105 Å². The van der Waals surface area contributed by atoms with E-state index in [1.54, 1.807) is 19.1 Å². The Hall–Kier alpha value is -3.63. The summed E-state index contributed by atoms with van der Waals surface area (Å²) in [4.78, 5) is 10.6. The van der Waals surface area contributed by atoms with Crippen LogP contribution in [0.5, 0.6) is 11.5 Å². The predicted molar refractivity (Wildman–Crippen MR) is 88.0 cm³/mol. The van der Waals surface area contributed by atoms with Crippen molar-refractivity contribution in [1.29, 1.82) is 0 Å². The highest BCUT2D eigenvalue weighted by Gasteiger charge is 2.17. The van der Waals surface area contributed by atoms with Gasteiger partial charge in [-0.1, -0.05) is 6.07 Å². The Morgan fingerprint density at radius 3 is 2.63 bits per heavy atom. The Balaban J connectivity index is 1.78. The lowest BCUT2D eigenvalue weighted by Gasteiger charge is -2.09. The first-order valence-electron chi connectivity index (χ1n) is 7.64. The molecule has 11 heteroatoms. The maximum atomic E-state index is 12.2. The lowest BCUT2D eigenvalue weighted by Crippen LogP contribution is -2.08. The molecule has 0 saturated carbocycles. The zero-order valence-electron chi connectivity index (χ0n) is 14.0. The van der Waals surface area contributed by atoms with Crippen LogP contribution in [0.2, 0.25) is 0 Å². The molecule has 0 aliphatic rings. The zero-order valence-corrected chi connectivity index (χ0v) is 14.0. The van der Waals surface area contributed by atoms with Gasteiger partial charge in [-0.2, -0.15) is 13.5 Å². The molecule has 27 heavy (non-hydrogen) atoms. The van der Waals surface area contributed by atoms with Gasteiger partial charge in [-0.3, -0.25) is 10.1 Å². The van der Waals surface area contributed by atoms with Crippen molar-refractivity contribution in [3.63, 3.8) is 0 Å². The van der Waals surface area contributed by atoms with Crippen molar-refractivity contribution in [3.05, 3.63) is 64.0 Å². The van der Waals surface area contributed by atoms with Gasteiger partial charge in [0.05, 0.1) is 10.6 Å². The third-order valence-electron chi connectivity index (χ3n) is 3.51. The molecular formula is C16H13F2N5O4. The molecule has 1 aromatic heterocycles. The second-order valence-corrected chi connectivity index (χ2v) is 5.40. The lowest BCUT2D eigenvalue weighted by molar-refractivity contribution is -0.386. The normalized spacial score (nSPS) is 10.8. The van der Waals surface area contributed by atoms with Crippen LogP contribution >= 0.6 is 0 Å². The predicted octanol–water partition coefficient (Wildman–Crippen LogP) is 3.06. The molecule has 0 radical (unpaired) electrons. The lowest BCUT2D eigenvalue weighted by atomic mass is 10.2. The van der Waals surface area contributed by atoms with Gasteiger partial charge in [-0.05, 0) is 53.2 Å². The molecule has 3 rings (SSSR count). The summed E-state index contributed by atoms with van der Waals surface area (Å²) in [5.74, 6) is 0.360. The number of alkyl halides is 2. The molecule has 0 aliphatic carbocycles. The van der Waals surface area contributed by atoms with Gasteiger partial charge in [0, 0.05) is 6.07 Å². The van der Waals surface area contributed by atoms with Crippen LogP contribution < -0.4 is 9.47 Å². The molecule has 0 fully saturated rings. The van der Waals surface area contributed by atoms with Crippen molar-refractivity contribution in [3.8, 4) is 17.2 Å². The minimum absolute atomic E-state index is 0.00462. The van der Waals surface area contributed by atoms with Crippen LogP contribution in [0.3, 0.4) is 0 Å². The Bertz CT molecular complexity index is 946. The van der Waals surface area contributed by atoms with Crippen LogP contribution in [0.4, 0.5) is 14.5 Å². The number of aromatic nitrogens is 4. The van der Waals surface area contributed by atoms with E-state index >= 15 is 0 Å². The molecule has 0 unspecified atom stereocenters. The number of nitro groups is 1. The highest BCUT2D eigenvalue weighted by atomic mass is 19.3. The van der Waals surface area contributed by atoms with Gasteiger partial charge < -0.3 is 9.47 Å². The third kappa shape index (κ3) is 4.32. The summed E-state index contributed by atoms with van der Waals surface area (Å²) in [5, 5.41) is 22.3. The molecule has 1 heterocycles. The molecule has 0 aliphatic heterocycles. The van der Waals surface area contributed by atoms with Crippen molar-refractivity contribution in [2.24, 2.45) is 0 Å². The van der Waals surface area contributed by atoms with Crippen LogP contribution in [-0.4, -0.2) is 31.7 Å². The fraction of sp³-hybridized carbons (Fsp3) is 0.188. The Kier molecular flexibility index (Phi) is 5.20. The highest BCUT2D eigenvalue weighted by molar-refractivity contribution is 5.48. The maximum Gasteiger partial charge on any atom is 0.387 e. The summed E-state index contributed by atoms with van der Waals surface area (Å²) in [6.45, 7) is -1.27. The average Bonchev–Trinajstić information content (AvgIpc) is 3.08. The summed E-state index contributed by atoms with van der Waals surface area (Å²) >= 11 is 0. The van der Waals surface area contributed by atoms with Crippen LogP contribution in [0.1, 0.15) is 11.4 Å². The van der Waals surface area contributed by atoms with Gasteiger partial charge in [0.25, 0.3) is 0 Å². The molecule has 0 saturated heterocycles. The highest BCUT2D eigenvalue weighted by Crippen LogP contribution is 2.28. The van der Waals surface area contributed by atoms with Crippen LogP contribution in [0, 0.1) is 17.0 Å². The van der Waals surface area contributed by atoms with Gasteiger partial charge in [-0.25, -0.2) is 0 Å². The molecular weight excluding hydrogens is 364 g/mol. The number of hydrogen-bond acceptors (Lipinski definition) is 7. The third-order valence-corrected chi connectivity index (χ3v) is 3.51. The van der Waals surface area contributed by atoms with Gasteiger partial charge >= 0.3 is 12.3 Å². The van der Waals surface area contributed by atoms with Crippen LogP contribution in [0.15, 0.2) is 42.5 Å². The summed E-state index contributed by atoms with van der Waals surface area (Å²) < 4.78 is 35.6. The van der Waals surface area contributed by atoms with Crippen molar-refractivity contribution < 1.29 is 23.2 Å². The molecule has 0 N–H and O–H groups in total. The maximum absolute atomic E-state index is 12.2. The number of benzene rings is 2. The molecule has 0 bridgehead atoms. The molecule has 0 amide bonds. The molecule has 140 valence electrons. The fourth-order valence-electron chi connectivity index (χ4n) is 2.30. The minimum atomic E-state index is -2.92. The minimum Gasteiger partial charge on any atom is -0.478 e. The number of rotatable bonds is 7. The Morgan fingerprint density at radius 2 is 1.96 bits per heavy atom. The summed E-state index contributed by atoms with van der Waals surface area (Å²) in [5.41, 5.74) is 1.11. The molecule has 0 atom stereocenters. The fourth-order valence-corrected chi connectivity index (χ4v) is 2.30. The number of hydrogen-bond donors (Lipinski definition) is 0. The van der Waals surface area contributed by atoms with Gasteiger partial charge in [0.1, 0.15) is 5.75 Å². The molecule has 2 aromatic carbocycles. The number of ether oxygens (including phenoxy) is 2. The van der Waals surface area contributed by atoms with Crippen molar-refractivity contribution >= 4 is 5.69 Å². The summed E-state index contributed by atoms with van der Waals surface area (Å²) in [7, 11) is 0. The van der Waals surface area contributed by atoms with E-state index in [-0.39, 0.29) is 29.6 Å². The average molecular weight is 377 g/mol. The van der Waals surface area contributed by atoms with E-state index in [0.29, 0.717) is 5.69 Å². The van der Waals surface area contributed by atoms with E-state index in [1.807, 2.05) is 0 Å².